The molecule has 1 saturated heterocycles. The van der Waals surface area contributed by atoms with E-state index in [4.69, 9.17) is 5.73 Å². The van der Waals surface area contributed by atoms with E-state index < -0.39 is 0 Å². The second kappa shape index (κ2) is 7.14. The van der Waals surface area contributed by atoms with E-state index in [1.54, 1.807) is 31.3 Å². The number of hydrogen-bond acceptors (Lipinski definition) is 5. The van der Waals surface area contributed by atoms with Crippen molar-refractivity contribution in [1.29, 1.82) is 0 Å². The zero-order valence-electron chi connectivity index (χ0n) is 14.4. The number of carbonyl (C=O) groups is 1. The van der Waals surface area contributed by atoms with Gasteiger partial charge in [0.1, 0.15) is 17.5 Å². The maximum Gasteiger partial charge on any atom is 0.253 e. The first kappa shape index (κ1) is 17.3. The van der Waals surface area contributed by atoms with Crippen molar-refractivity contribution in [3.05, 3.63) is 53.2 Å². The molecule has 1 fully saturated rings. The van der Waals surface area contributed by atoms with E-state index in [0.717, 1.165) is 6.42 Å². The van der Waals surface area contributed by atoms with Crippen molar-refractivity contribution in [1.82, 2.24) is 19.8 Å². The summed E-state index contributed by atoms with van der Waals surface area (Å²) in [7, 11) is 1.99. The molecule has 0 spiro atoms. The molecule has 1 aliphatic rings. The van der Waals surface area contributed by atoms with Crippen molar-refractivity contribution >= 4 is 11.7 Å². The molecule has 132 valence electrons. The average Bonchev–Trinajstić information content (AvgIpc) is 3.07. The number of hydrogen-bond donors (Lipinski definition) is 1. The highest BCUT2D eigenvalue weighted by molar-refractivity contribution is 5.94. The lowest BCUT2D eigenvalue weighted by molar-refractivity contribution is 0.0779. The minimum absolute atomic E-state index is 0.0563. The van der Waals surface area contributed by atoms with Crippen LogP contribution in [0.25, 0.3) is 0 Å². The molecule has 2 N–H and O–H groups in total. The van der Waals surface area contributed by atoms with Crippen LogP contribution in [-0.2, 0) is 6.54 Å². The number of aromatic nitrogens is 2. The van der Waals surface area contributed by atoms with Gasteiger partial charge in [0, 0.05) is 30.9 Å². The highest BCUT2D eigenvalue weighted by atomic mass is 19.1. The van der Waals surface area contributed by atoms with Crippen LogP contribution in [0.2, 0.25) is 0 Å². The summed E-state index contributed by atoms with van der Waals surface area (Å²) in [6.45, 7) is 3.56. The van der Waals surface area contributed by atoms with Gasteiger partial charge in [-0.15, -0.1) is 0 Å². The van der Waals surface area contributed by atoms with Gasteiger partial charge >= 0.3 is 0 Å². The van der Waals surface area contributed by atoms with Gasteiger partial charge in [-0.05, 0) is 50.2 Å². The van der Waals surface area contributed by atoms with Gasteiger partial charge in [0.05, 0.1) is 6.54 Å². The Kier molecular flexibility index (Phi) is 4.94. The third kappa shape index (κ3) is 3.93. The van der Waals surface area contributed by atoms with Gasteiger partial charge in [0.25, 0.3) is 5.91 Å². The minimum Gasteiger partial charge on any atom is -0.384 e. The monoisotopic (exact) mass is 343 g/mol. The number of rotatable bonds is 4. The van der Waals surface area contributed by atoms with Gasteiger partial charge in [0.15, 0.2) is 0 Å². The average molecular weight is 343 g/mol. The molecule has 2 aromatic rings. The molecular weight excluding hydrogens is 321 g/mol. The van der Waals surface area contributed by atoms with Crippen LogP contribution in [0.3, 0.4) is 0 Å². The van der Waals surface area contributed by atoms with E-state index in [2.05, 4.69) is 14.9 Å². The largest absolute Gasteiger partial charge is 0.384 e. The van der Waals surface area contributed by atoms with E-state index in [-0.39, 0.29) is 17.8 Å². The predicted octanol–water partition coefficient (Wildman–Crippen LogP) is 1.85. The zero-order valence-corrected chi connectivity index (χ0v) is 14.4. The first-order valence-corrected chi connectivity index (χ1v) is 8.27. The van der Waals surface area contributed by atoms with Crippen molar-refractivity contribution in [2.45, 2.75) is 25.9 Å². The second-order valence-electron chi connectivity index (χ2n) is 6.47. The van der Waals surface area contributed by atoms with Crippen molar-refractivity contribution in [2.75, 3.05) is 25.9 Å². The number of nitrogens with two attached hydrogens (primary N) is 1. The van der Waals surface area contributed by atoms with E-state index in [1.807, 2.05) is 11.9 Å². The molecule has 25 heavy (non-hydrogen) atoms. The standard InChI is InChI=1S/C18H22FN5O/c1-12-9-13(3-4-15(12)19)18(25)24-8-6-14(10-24)23(2)11-17-21-7-5-16(20)22-17/h3-5,7,9,14H,6,8,10-11H2,1-2H3,(H2,20,21,22)/t14-/m1/s1. The topological polar surface area (TPSA) is 75.4 Å². The van der Waals surface area contributed by atoms with Crippen molar-refractivity contribution in [3.8, 4) is 0 Å². The Labute approximate surface area is 146 Å². The number of anilines is 1. The summed E-state index contributed by atoms with van der Waals surface area (Å²) in [6, 6.07) is 6.39. The summed E-state index contributed by atoms with van der Waals surface area (Å²) in [4.78, 5) is 25.0. The van der Waals surface area contributed by atoms with E-state index >= 15 is 0 Å². The van der Waals surface area contributed by atoms with Gasteiger partial charge in [-0.1, -0.05) is 0 Å². The van der Waals surface area contributed by atoms with Crippen LogP contribution >= 0.6 is 0 Å². The van der Waals surface area contributed by atoms with Crippen LogP contribution < -0.4 is 5.73 Å². The predicted molar refractivity (Wildman–Crippen MR) is 93.4 cm³/mol. The SMILES string of the molecule is Cc1cc(C(=O)N2CC[C@@H](N(C)Cc3nccc(N)n3)C2)ccc1F. The number of aryl methyl sites for hydroxylation is 1. The van der Waals surface area contributed by atoms with Crippen molar-refractivity contribution in [3.63, 3.8) is 0 Å². The highest BCUT2D eigenvalue weighted by Gasteiger charge is 2.29. The molecule has 1 aromatic heterocycles. The fourth-order valence-corrected chi connectivity index (χ4v) is 3.09. The molecule has 0 radical (unpaired) electrons. The van der Waals surface area contributed by atoms with E-state index in [1.165, 1.54) is 6.07 Å². The third-order valence-electron chi connectivity index (χ3n) is 4.60. The van der Waals surface area contributed by atoms with E-state index in [0.29, 0.717) is 42.4 Å². The Hall–Kier alpha value is -2.54. The van der Waals surface area contributed by atoms with Crippen molar-refractivity contribution < 1.29 is 9.18 Å². The van der Waals surface area contributed by atoms with Crippen LogP contribution in [0.1, 0.15) is 28.2 Å². The number of carbonyl (C=O) groups excluding carboxylic acids is 1. The van der Waals surface area contributed by atoms with Crippen LogP contribution in [0.15, 0.2) is 30.5 Å². The molecule has 2 heterocycles. The number of amides is 1. The molecular formula is C18H22FN5O. The lowest BCUT2D eigenvalue weighted by Gasteiger charge is -2.24. The van der Waals surface area contributed by atoms with Gasteiger partial charge in [-0.2, -0.15) is 0 Å². The normalized spacial score (nSPS) is 17.3. The molecule has 6 nitrogen and oxygen atoms in total. The first-order chi connectivity index (χ1) is 11.9. The molecule has 1 aromatic carbocycles. The summed E-state index contributed by atoms with van der Waals surface area (Å²) in [6.07, 6.45) is 2.53. The van der Waals surface area contributed by atoms with Crippen LogP contribution in [0.4, 0.5) is 10.2 Å². The summed E-state index contributed by atoms with van der Waals surface area (Å²) >= 11 is 0. The molecule has 7 heteroatoms. The molecule has 1 aliphatic heterocycles. The maximum absolute atomic E-state index is 13.4. The quantitative estimate of drug-likeness (QED) is 0.917. The number of likely N-dealkylation sites (N-methyl/N-ethyl adjacent to an activating group) is 1. The number of halogens is 1. The number of benzene rings is 1. The number of nitrogens with zero attached hydrogens (tertiary/aromatic N) is 4. The molecule has 3 rings (SSSR count). The Bertz CT molecular complexity index is 782. The Morgan fingerprint density at radius 2 is 2.24 bits per heavy atom. The molecule has 1 atom stereocenters. The molecule has 0 aliphatic carbocycles. The molecule has 0 saturated carbocycles. The smallest absolute Gasteiger partial charge is 0.253 e. The summed E-state index contributed by atoms with van der Waals surface area (Å²) in [5.41, 5.74) is 6.70. The fourth-order valence-electron chi connectivity index (χ4n) is 3.09. The van der Waals surface area contributed by atoms with Gasteiger partial charge in [-0.25, -0.2) is 14.4 Å². The van der Waals surface area contributed by atoms with Gasteiger partial charge in [0.2, 0.25) is 0 Å². The van der Waals surface area contributed by atoms with Crippen LogP contribution in [-0.4, -0.2) is 51.9 Å². The molecule has 0 bridgehead atoms. The lowest BCUT2D eigenvalue weighted by atomic mass is 10.1. The van der Waals surface area contributed by atoms with Crippen molar-refractivity contribution in [2.24, 2.45) is 0 Å². The second-order valence-corrected chi connectivity index (χ2v) is 6.47. The third-order valence-corrected chi connectivity index (χ3v) is 4.60. The lowest BCUT2D eigenvalue weighted by Crippen LogP contribution is -2.36. The number of nitrogen functional groups attached to an aromatic ring is 1. The maximum atomic E-state index is 13.4. The van der Waals surface area contributed by atoms with Crippen LogP contribution in [0.5, 0.6) is 0 Å². The summed E-state index contributed by atoms with van der Waals surface area (Å²) in [5.74, 6) is 0.770. The Balaban J connectivity index is 1.62. The molecule has 1 amide bonds. The molecule has 0 unspecified atom stereocenters. The Morgan fingerprint density at radius 1 is 1.44 bits per heavy atom. The van der Waals surface area contributed by atoms with Crippen LogP contribution in [0, 0.1) is 12.7 Å². The summed E-state index contributed by atoms with van der Waals surface area (Å²) < 4.78 is 13.4. The highest BCUT2D eigenvalue weighted by Crippen LogP contribution is 2.19. The minimum atomic E-state index is -0.294. The van der Waals surface area contributed by atoms with Gasteiger partial charge in [-0.3, -0.25) is 9.69 Å². The van der Waals surface area contributed by atoms with Gasteiger partial charge < -0.3 is 10.6 Å². The fraction of sp³-hybridized carbons (Fsp3) is 0.389. The zero-order chi connectivity index (χ0) is 18.0. The summed E-state index contributed by atoms with van der Waals surface area (Å²) in [5, 5.41) is 0. The Morgan fingerprint density at radius 3 is 2.96 bits per heavy atom. The first-order valence-electron chi connectivity index (χ1n) is 8.27. The number of likely N-dealkylation sites (tertiary alicyclic amines) is 1. The van der Waals surface area contributed by atoms with E-state index in [9.17, 15) is 9.18 Å².